The number of benzene rings is 1. The first-order valence-corrected chi connectivity index (χ1v) is 12.1. The smallest absolute Gasteiger partial charge is 0.150 e. The molecule has 2 aromatic heterocycles. The minimum absolute atomic E-state index is 0.507. The van der Waals surface area contributed by atoms with Gasteiger partial charge in [0.25, 0.3) is 0 Å². The predicted octanol–water partition coefficient (Wildman–Crippen LogP) is 6.05. The number of piperidine rings is 1. The Morgan fingerprint density at radius 1 is 1.10 bits per heavy atom. The zero-order chi connectivity index (χ0) is 22.1. The lowest BCUT2D eigenvalue weighted by Gasteiger charge is -2.32. The molecule has 6 heteroatoms. The highest BCUT2D eigenvalue weighted by Crippen LogP contribution is 2.35. The number of nitriles is 1. The van der Waals surface area contributed by atoms with Gasteiger partial charge in [0.05, 0.1) is 17.1 Å². The second kappa shape index (κ2) is 9.00. The molecular formula is C25H30BrN5. The number of fused-ring (bicyclic) bond motifs is 1. The molecule has 0 amide bonds. The Hall–Kier alpha value is -2.39. The molecule has 31 heavy (non-hydrogen) atoms. The second-order valence-corrected chi connectivity index (χ2v) is 9.46. The Kier molecular flexibility index (Phi) is 6.34. The molecular weight excluding hydrogens is 450 g/mol. The quantitative estimate of drug-likeness (QED) is 0.446. The molecule has 0 aliphatic carbocycles. The maximum Gasteiger partial charge on any atom is 0.150 e. The van der Waals surface area contributed by atoms with Crippen LogP contribution in [0, 0.1) is 31.1 Å². The average molecular weight is 480 g/mol. The molecule has 0 unspecified atom stereocenters. The fraction of sp³-hybridized carbons (Fsp3) is 0.480. The molecule has 1 fully saturated rings. The lowest BCUT2D eigenvalue weighted by Crippen LogP contribution is -2.34. The molecule has 162 valence electrons. The molecule has 3 heterocycles. The zero-order valence-corrected chi connectivity index (χ0v) is 20.5. The van der Waals surface area contributed by atoms with Crippen molar-refractivity contribution >= 4 is 32.8 Å². The molecule has 4 rings (SSSR count). The highest BCUT2D eigenvalue weighted by Gasteiger charge is 2.25. The van der Waals surface area contributed by atoms with Crippen LogP contribution in [0.3, 0.4) is 0 Å². The zero-order valence-electron chi connectivity index (χ0n) is 18.9. The maximum atomic E-state index is 9.04. The van der Waals surface area contributed by atoms with Gasteiger partial charge < -0.3 is 9.47 Å². The number of anilines is 1. The fourth-order valence-corrected chi connectivity index (χ4v) is 5.39. The lowest BCUT2D eigenvalue weighted by atomic mass is 9.94. The number of rotatable bonds is 5. The van der Waals surface area contributed by atoms with Crippen LogP contribution in [0.15, 0.2) is 22.8 Å². The summed E-state index contributed by atoms with van der Waals surface area (Å²) < 4.78 is 3.42. The Balaban J connectivity index is 1.86. The third-order valence-electron chi connectivity index (χ3n) is 6.46. The van der Waals surface area contributed by atoms with Crippen LogP contribution in [-0.4, -0.2) is 27.6 Å². The number of nitrogens with zero attached hydrogens (tertiary/aromatic N) is 5. The van der Waals surface area contributed by atoms with Crippen molar-refractivity contribution in [2.24, 2.45) is 5.92 Å². The van der Waals surface area contributed by atoms with Gasteiger partial charge in [0.15, 0.2) is 5.65 Å². The summed E-state index contributed by atoms with van der Waals surface area (Å²) in [6.45, 7) is 10.5. The van der Waals surface area contributed by atoms with E-state index in [1.54, 1.807) is 0 Å². The van der Waals surface area contributed by atoms with Gasteiger partial charge in [-0.3, -0.25) is 0 Å². The van der Waals surface area contributed by atoms with Crippen LogP contribution < -0.4 is 4.90 Å². The third-order valence-corrected chi connectivity index (χ3v) is 6.92. The number of hydrogen-bond donors (Lipinski definition) is 0. The largest absolute Gasteiger partial charge is 0.356 e. The molecule has 1 aromatic carbocycles. The summed E-state index contributed by atoms with van der Waals surface area (Å²) in [6, 6.07) is 6.79. The molecule has 0 radical (unpaired) electrons. The van der Waals surface area contributed by atoms with E-state index in [0.717, 1.165) is 65.9 Å². The third kappa shape index (κ3) is 4.08. The van der Waals surface area contributed by atoms with Crippen LogP contribution in [0.4, 0.5) is 5.82 Å². The summed E-state index contributed by atoms with van der Waals surface area (Å²) in [7, 11) is 0. The molecule has 0 spiro atoms. The van der Waals surface area contributed by atoms with Crippen LogP contribution in [0.1, 0.15) is 55.6 Å². The molecule has 1 saturated heterocycles. The van der Waals surface area contributed by atoms with Gasteiger partial charge in [0.1, 0.15) is 11.6 Å². The van der Waals surface area contributed by atoms with Crippen molar-refractivity contribution in [1.82, 2.24) is 14.5 Å². The van der Waals surface area contributed by atoms with Crippen molar-refractivity contribution in [3.8, 4) is 11.8 Å². The molecule has 1 aliphatic rings. The van der Waals surface area contributed by atoms with E-state index in [0.29, 0.717) is 12.3 Å². The minimum atomic E-state index is 0.507. The van der Waals surface area contributed by atoms with Gasteiger partial charge >= 0.3 is 0 Å². The number of aryl methyl sites for hydroxylation is 4. The number of aromatic nitrogens is 3. The van der Waals surface area contributed by atoms with Crippen molar-refractivity contribution in [3.05, 3.63) is 45.3 Å². The molecule has 0 atom stereocenters. The monoisotopic (exact) mass is 479 g/mol. The Labute approximate surface area is 193 Å². The first kappa shape index (κ1) is 21.8. The highest BCUT2D eigenvalue weighted by molar-refractivity contribution is 9.10. The van der Waals surface area contributed by atoms with E-state index in [1.807, 2.05) is 6.92 Å². The Morgan fingerprint density at radius 2 is 1.74 bits per heavy atom. The molecule has 3 aromatic rings. The van der Waals surface area contributed by atoms with Gasteiger partial charge in [-0.25, -0.2) is 9.97 Å². The summed E-state index contributed by atoms with van der Waals surface area (Å²) >= 11 is 3.69. The van der Waals surface area contributed by atoms with E-state index in [1.165, 1.54) is 22.4 Å². The highest BCUT2D eigenvalue weighted by atomic mass is 79.9. The molecule has 5 nitrogen and oxygen atoms in total. The van der Waals surface area contributed by atoms with E-state index in [-0.39, 0.29) is 0 Å². The predicted molar refractivity (Wildman–Crippen MR) is 130 cm³/mol. The maximum absolute atomic E-state index is 9.04. The van der Waals surface area contributed by atoms with Crippen LogP contribution in [0.25, 0.3) is 16.7 Å². The van der Waals surface area contributed by atoms with E-state index in [9.17, 15) is 0 Å². The van der Waals surface area contributed by atoms with Crippen LogP contribution in [0.5, 0.6) is 0 Å². The van der Waals surface area contributed by atoms with E-state index < -0.39 is 0 Å². The SMILES string of the molecule is CCc1cc(Br)cc(CC)c1-n1cc(C)c2c(N3CCC(CC#N)CC3)nc(C)nc21. The fourth-order valence-electron chi connectivity index (χ4n) is 4.83. The Bertz CT molecular complexity index is 1120. The average Bonchev–Trinajstić information content (AvgIpc) is 3.08. The second-order valence-electron chi connectivity index (χ2n) is 8.55. The molecule has 0 saturated carbocycles. The van der Waals surface area contributed by atoms with Crippen LogP contribution in [0.2, 0.25) is 0 Å². The van der Waals surface area contributed by atoms with Gasteiger partial charge in [-0.2, -0.15) is 5.26 Å². The summed E-state index contributed by atoms with van der Waals surface area (Å²) in [4.78, 5) is 12.2. The van der Waals surface area contributed by atoms with Crippen molar-refractivity contribution in [1.29, 1.82) is 5.26 Å². The van der Waals surface area contributed by atoms with Gasteiger partial charge in [-0.1, -0.05) is 29.8 Å². The van der Waals surface area contributed by atoms with E-state index in [4.69, 9.17) is 15.2 Å². The van der Waals surface area contributed by atoms with Gasteiger partial charge in [0, 0.05) is 30.2 Å². The summed E-state index contributed by atoms with van der Waals surface area (Å²) in [5, 5.41) is 10.2. The molecule has 0 N–H and O–H groups in total. The first-order valence-electron chi connectivity index (χ1n) is 11.3. The lowest BCUT2D eigenvalue weighted by molar-refractivity contribution is 0.411. The van der Waals surface area contributed by atoms with E-state index in [2.05, 4.69) is 70.6 Å². The van der Waals surface area contributed by atoms with E-state index >= 15 is 0 Å². The summed E-state index contributed by atoms with van der Waals surface area (Å²) in [5.74, 6) is 2.35. The summed E-state index contributed by atoms with van der Waals surface area (Å²) in [6.07, 6.45) is 6.90. The first-order chi connectivity index (χ1) is 15.0. The van der Waals surface area contributed by atoms with Gasteiger partial charge in [-0.15, -0.1) is 0 Å². The normalized spacial score (nSPS) is 14.9. The standard InChI is InChI=1S/C25H30BrN5/c1-5-19-13-21(26)14-20(6-2)23(19)31-15-16(3)22-24(28-17(4)29-25(22)31)30-11-8-18(7-10-27)9-12-30/h13-15,18H,5-9,11-12H2,1-4H3. The van der Waals surface area contributed by atoms with Crippen molar-refractivity contribution < 1.29 is 0 Å². The van der Waals surface area contributed by atoms with Gasteiger partial charge in [0.2, 0.25) is 0 Å². The van der Waals surface area contributed by atoms with Crippen molar-refractivity contribution in [2.75, 3.05) is 18.0 Å². The Morgan fingerprint density at radius 3 is 2.32 bits per heavy atom. The summed E-state index contributed by atoms with van der Waals surface area (Å²) in [5.41, 5.74) is 6.08. The van der Waals surface area contributed by atoms with Gasteiger partial charge in [-0.05, 0) is 74.3 Å². The van der Waals surface area contributed by atoms with Crippen molar-refractivity contribution in [2.45, 2.75) is 59.8 Å². The molecule has 1 aliphatic heterocycles. The number of hydrogen-bond acceptors (Lipinski definition) is 4. The van der Waals surface area contributed by atoms with Crippen LogP contribution >= 0.6 is 15.9 Å². The van der Waals surface area contributed by atoms with Crippen LogP contribution in [-0.2, 0) is 12.8 Å². The van der Waals surface area contributed by atoms with Crippen molar-refractivity contribution in [3.63, 3.8) is 0 Å². The number of halogens is 1. The topological polar surface area (TPSA) is 57.7 Å². The minimum Gasteiger partial charge on any atom is -0.356 e. The molecule has 0 bridgehead atoms.